The minimum absolute atomic E-state index is 0. The van der Waals surface area contributed by atoms with E-state index in [0.717, 1.165) is 84.4 Å². The van der Waals surface area contributed by atoms with Crippen LogP contribution in [-0.4, -0.2) is 50.3 Å². The summed E-state index contributed by atoms with van der Waals surface area (Å²) in [4.78, 5) is 10.2. The van der Waals surface area contributed by atoms with Crippen molar-refractivity contribution in [3.63, 3.8) is 0 Å². The number of aliphatic imine (C=N–C) groups is 2. The topological polar surface area (TPSA) is 116 Å². The van der Waals surface area contributed by atoms with Gasteiger partial charge in [0.1, 0.15) is 0 Å². The zero-order chi connectivity index (χ0) is 59.1. The maximum Gasteiger partial charge on any atom is 2.00 e. The quantitative estimate of drug-likeness (QED) is 0.0821. The van der Waals surface area contributed by atoms with Crippen LogP contribution in [0.2, 0.25) is 0 Å². The van der Waals surface area contributed by atoms with E-state index < -0.39 is 0 Å². The third kappa shape index (κ3) is 28.0. The summed E-state index contributed by atoms with van der Waals surface area (Å²) in [5, 5.41) is 25.0. The monoisotopic (exact) mass is 1170 g/mol. The SMILES string of the molecule is C1CCOC1.C1CCOC1.CC(/C=C(/C)[N-]c1c(C(C)C)cccc1C(C)C)=Nc1c(C(C)C)cccc1C(C)C.CC(/C=C(/C)[N-]c1c(C(C)C)cccc1C(C)C)=Nc1c(C(C)C)cccc1C(C)C.CC=[N-].CC=[N-].[Fe+2].[Fe+2]. The first-order chi connectivity index (χ1) is 36.9. The molecule has 2 heterocycles. The number of hydrogen-bond acceptors (Lipinski definition) is 4. The first-order valence-electron chi connectivity index (χ1n) is 29.3. The molecule has 2 aliphatic heterocycles. The second-order valence-electron chi connectivity index (χ2n) is 22.8. The van der Waals surface area contributed by atoms with Crippen molar-refractivity contribution in [2.75, 3.05) is 26.4 Å². The summed E-state index contributed by atoms with van der Waals surface area (Å²) in [6, 6.07) is 26.3. The van der Waals surface area contributed by atoms with Gasteiger partial charge in [0.2, 0.25) is 0 Å². The molecule has 0 saturated carbocycles. The molecule has 2 aliphatic rings. The molecule has 0 aromatic heterocycles. The second-order valence-corrected chi connectivity index (χ2v) is 22.8. The average Bonchev–Trinajstić information content (AvgIpc) is 4.16. The molecule has 6 rings (SSSR count). The van der Waals surface area contributed by atoms with Gasteiger partial charge in [-0.2, -0.15) is 11.4 Å². The van der Waals surface area contributed by atoms with E-state index in [9.17, 15) is 0 Å². The Morgan fingerprint density at radius 2 is 0.575 bits per heavy atom. The summed E-state index contributed by atoms with van der Waals surface area (Å²) < 4.78 is 9.89. The molecule has 2 saturated heterocycles. The van der Waals surface area contributed by atoms with Gasteiger partial charge in [0.15, 0.2) is 0 Å². The predicted octanol–water partition coefficient (Wildman–Crippen LogP) is 22.6. The Bertz CT molecular complexity index is 2210. The molecule has 2 fully saturated rings. The zero-order valence-electron chi connectivity index (χ0n) is 53.7. The molecule has 0 radical (unpaired) electrons. The van der Waals surface area contributed by atoms with Gasteiger partial charge in [0, 0.05) is 37.9 Å². The largest absolute Gasteiger partial charge is 2.00 e. The van der Waals surface area contributed by atoms with Crippen molar-refractivity contribution < 1.29 is 43.6 Å². The van der Waals surface area contributed by atoms with Crippen molar-refractivity contribution in [2.45, 2.75) is 225 Å². The molecule has 0 bridgehead atoms. The molecule has 0 unspecified atom stereocenters. The van der Waals surface area contributed by atoms with E-state index in [0.29, 0.717) is 47.3 Å². The van der Waals surface area contributed by atoms with Crippen LogP contribution in [0.25, 0.3) is 21.5 Å². The first kappa shape index (κ1) is 77.7. The molecular weight excluding hydrogens is 1070 g/mol. The van der Waals surface area contributed by atoms with Crippen LogP contribution >= 0.6 is 0 Å². The molecule has 0 atom stereocenters. The normalized spacial score (nSPS) is 13.5. The second kappa shape index (κ2) is 42.4. The number of hydrogen-bond donors (Lipinski definition) is 0. The predicted molar refractivity (Wildman–Crippen MR) is 348 cm³/mol. The Labute approximate surface area is 511 Å². The molecule has 0 amide bonds. The third-order valence-electron chi connectivity index (χ3n) is 13.0. The maximum absolute atomic E-state index is 7.44. The van der Waals surface area contributed by atoms with E-state index in [1.807, 2.05) is 0 Å². The van der Waals surface area contributed by atoms with E-state index in [-0.39, 0.29) is 34.1 Å². The first-order valence-corrected chi connectivity index (χ1v) is 29.3. The van der Waals surface area contributed by atoms with E-state index in [1.54, 1.807) is 13.8 Å². The fourth-order valence-corrected chi connectivity index (χ4v) is 9.02. The van der Waals surface area contributed by atoms with Gasteiger partial charge in [-0.25, -0.2) is 12.4 Å². The number of rotatable bonds is 16. The molecular formula is C70H106Fe2N6O2. The molecule has 0 N–H and O–H groups in total. The van der Waals surface area contributed by atoms with Crippen molar-refractivity contribution >= 4 is 46.6 Å². The van der Waals surface area contributed by atoms with E-state index >= 15 is 0 Å². The van der Waals surface area contributed by atoms with Crippen molar-refractivity contribution in [3.8, 4) is 0 Å². The maximum atomic E-state index is 7.44. The van der Waals surface area contributed by atoms with Gasteiger partial charge in [-0.3, -0.25) is 9.98 Å². The van der Waals surface area contributed by atoms with Gasteiger partial charge in [-0.05, 0) is 109 Å². The van der Waals surface area contributed by atoms with Crippen LogP contribution in [0, 0.1) is 0 Å². The minimum atomic E-state index is 0. The minimum Gasteiger partial charge on any atom is -0.814 e. The Balaban J connectivity index is 0. The Morgan fingerprint density at radius 3 is 0.738 bits per heavy atom. The molecule has 10 heteroatoms. The molecule has 4 aromatic carbocycles. The molecule has 0 spiro atoms. The van der Waals surface area contributed by atoms with Crippen LogP contribution in [0.15, 0.2) is 106 Å². The van der Waals surface area contributed by atoms with E-state index in [2.05, 4.69) is 223 Å². The Kier molecular flexibility index (Phi) is 41.2. The fourth-order valence-electron chi connectivity index (χ4n) is 9.02. The molecule has 0 aliphatic carbocycles. The molecule has 444 valence electrons. The number of para-hydroxylation sites is 4. The van der Waals surface area contributed by atoms with Crippen LogP contribution < -0.4 is 0 Å². The van der Waals surface area contributed by atoms with Crippen molar-refractivity contribution in [3.05, 3.63) is 162 Å². The van der Waals surface area contributed by atoms with Crippen molar-refractivity contribution in [1.29, 1.82) is 0 Å². The number of benzene rings is 4. The molecule has 4 aromatic rings. The standard InChI is InChI=1S/2C29H41N2.2C4H8O.2C2H4N.2Fe/c2*1-18(2)24-13-11-14-25(19(3)4)28(24)30-22(9)17-23(10)31-29-26(20(5)6)15-12-16-27(29)21(7)8;2*1-2-4-5-3-1;2*1-2-3;;/h2*11-21H,1-10H3;2*1-4H2;2*2H,1H3;;/q2*-1;;;2*-1;2*+2/b2*22-17-,31-23?;;;;;;. The van der Waals surface area contributed by atoms with Gasteiger partial charge in [-0.15, -0.1) is 11.4 Å². The van der Waals surface area contributed by atoms with Crippen LogP contribution in [0.3, 0.4) is 0 Å². The van der Waals surface area contributed by atoms with Crippen LogP contribution in [0.4, 0.5) is 22.7 Å². The summed E-state index contributed by atoms with van der Waals surface area (Å²) in [7, 11) is 0. The van der Waals surface area contributed by atoms with Crippen LogP contribution in [0.5, 0.6) is 0 Å². The van der Waals surface area contributed by atoms with Crippen molar-refractivity contribution in [2.24, 2.45) is 9.98 Å². The van der Waals surface area contributed by atoms with E-state index in [4.69, 9.17) is 40.9 Å². The summed E-state index contributed by atoms with van der Waals surface area (Å²) in [6.07, 6.45) is 11.3. The summed E-state index contributed by atoms with van der Waals surface area (Å²) >= 11 is 0. The molecule has 8 nitrogen and oxygen atoms in total. The third-order valence-corrected chi connectivity index (χ3v) is 13.0. The summed E-state index contributed by atoms with van der Waals surface area (Å²) in [5.41, 5.74) is 18.9. The van der Waals surface area contributed by atoms with Gasteiger partial charge >= 0.3 is 34.1 Å². The van der Waals surface area contributed by atoms with Gasteiger partial charge in [0.05, 0.1) is 11.4 Å². The van der Waals surface area contributed by atoms with Gasteiger partial charge < -0.3 is 30.9 Å². The Hall–Kier alpha value is -4.40. The smallest absolute Gasteiger partial charge is 0.814 e. The summed E-state index contributed by atoms with van der Waals surface area (Å²) in [6.45, 7) is 51.2. The van der Waals surface area contributed by atoms with Crippen molar-refractivity contribution in [1.82, 2.24) is 0 Å². The number of nitrogens with zero attached hydrogens (tertiary/aromatic N) is 6. The Morgan fingerprint density at radius 1 is 0.388 bits per heavy atom. The average molecular weight is 1180 g/mol. The fraction of sp³-hybridized carbons (Fsp3) is 0.543. The van der Waals surface area contributed by atoms with E-state index in [1.165, 1.54) is 70.2 Å². The number of ether oxygens (including phenoxy) is 2. The van der Waals surface area contributed by atoms with Crippen LogP contribution in [-0.2, 0) is 43.6 Å². The summed E-state index contributed by atoms with van der Waals surface area (Å²) in [5.74, 6) is 3.49. The number of allylic oxidation sites excluding steroid dienone is 4. The van der Waals surface area contributed by atoms with Gasteiger partial charge in [0.25, 0.3) is 0 Å². The van der Waals surface area contributed by atoms with Gasteiger partial charge in [-0.1, -0.05) is 246 Å². The zero-order valence-corrected chi connectivity index (χ0v) is 55.9. The van der Waals surface area contributed by atoms with Crippen LogP contribution in [0.1, 0.15) is 270 Å². The molecule has 80 heavy (non-hydrogen) atoms.